The molecule has 0 aromatic rings. The first-order chi connectivity index (χ1) is 5.85. The Kier molecular flexibility index (Phi) is 4.77. The van der Waals surface area contributed by atoms with Crippen molar-refractivity contribution in [2.24, 2.45) is 5.73 Å². The van der Waals surface area contributed by atoms with Crippen LogP contribution in [0.3, 0.4) is 0 Å². The second kappa shape index (κ2) is 5.07. The molecule has 0 radical (unpaired) electrons. The summed E-state index contributed by atoms with van der Waals surface area (Å²) < 4.78 is 4.90. The SMILES string of the molecule is CCC(N)COC(=O)NC(C)(C)C. The van der Waals surface area contributed by atoms with Gasteiger partial charge >= 0.3 is 6.09 Å². The van der Waals surface area contributed by atoms with Crippen LogP contribution in [0.4, 0.5) is 4.79 Å². The number of rotatable bonds is 3. The van der Waals surface area contributed by atoms with Gasteiger partial charge in [0, 0.05) is 11.6 Å². The topological polar surface area (TPSA) is 64.3 Å². The highest BCUT2D eigenvalue weighted by molar-refractivity contribution is 5.68. The van der Waals surface area contributed by atoms with Gasteiger partial charge in [0.2, 0.25) is 0 Å². The predicted molar refractivity (Wildman–Crippen MR) is 52.5 cm³/mol. The lowest BCUT2D eigenvalue weighted by atomic mass is 10.1. The summed E-state index contributed by atoms with van der Waals surface area (Å²) in [5.41, 5.74) is 5.32. The minimum absolute atomic E-state index is 0.0641. The molecule has 1 amide bonds. The van der Waals surface area contributed by atoms with Crippen LogP contribution in [-0.4, -0.2) is 24.3 Å². The van der Waals surface area contributed by atoms with E-state index in [0.29, 0.717) is 0 Å². The Labute approximate surface area is 79.8 Å². The highest BCUT2D eigenvalue weighted by Gasteiger charge is 2.14. The number of amides is 1. The number of hydrogen-bond donors (Lipinski definition) is 2. The summed E-state index contributed by atoms with van der Waals surface area (Å²) in [5.74, 6) is 0. The zero-order valence-corrected chi connectivity index (χ0v) is 8.89. The largest absolute Gasteiger partial charge is 0.448 e. The summed E-state index contributed by atoms with van der Waals surface area (Å²) in [7, 11) is 0. The van der Waals surface area contributed by atoms with Gasteiger partial charge in [0.15, 0.2) is 0 Å². The van der Waals surface area contributed by atoms with E-state index < -0.39 is 6.09 Å². The first kappa shape index (κ1) is 12.2. The van der Waals surface area contributed by atoms with Crippen molar-refractivity contribution in [2.45, 2.75) is 45.7 Å². The second-order valence-corrected chi connectivity index (χ2v) is 4.14. The van der Waals surface area contributed by atoms with E-state index in [1.165, 1.54) is 0 Å². The van der Waals surface area contributed by atoms with Gasteiger partial charge in [0.25, 0.3) is 0 Å². The van der Waals surface area contributed by atoms with E-state index >= 15 is 0 Å². The molecule has 0 bridgehead atoms. The van der Waals surface area contributed by atoms with Crippen molar-refractivity contribution >= 4 is 6.09 Å². The molecule has 0 fully saturated rings. The number of ether oxygens (including phenoxy) is 1. The van der Waals surface area contributed by atoms with Gasteiger partial charge < -0.3 is 15.8 Å². The molecule has 78 valence electrons. The molecule has 4 heteroatoms. The summed E-state index contributed by atoms with van der Waals surface area (Å²) in [6.45, 7) is 7.92. The molecule has 1 atom stereocenters. The first-order valence-electron chi connectivity index (χ1n) is 4.55. The van der Waals surface area contributed by atoms with Crippen LogP contribution in [0.5, 0.6) is 0 Å². The molecule has 3 N–H and O–H groups in total. The van der Waals surface area contributed by atoms with Gasteiger partial charge in [-0.3, -0.25) is 0 Å². The standard InChI is InChI=1S/C9H20N2O2/c1-5-7(10)6-13-8(12)11-9(2,3)4/h7H,5-6,10H2,1-4H3,(H,11,12). The number of nitrogens with one attached hydrogen (secondary N) is 1. The lowest BCUT2D eigenvalue weighted by molar-refractivity contribution is 0.130. The number of carbonyl (C=O) groups excluding carboxylic acids is 1. The number of alkyl carbamates (subject to hydrolysis) is 1. The van der Waals surface area contributed by atoms with Crippen LogP contribution in [-0.2, 0) is 4.74 Å². The van der Waals surface area contributed by atoms with E-state index in [1.54, 1.807) is 0 Å². The Morgan fingerprint density at radius 3 is 2.46 bits per heavy atom. The van der Waals surface area contributed by atoms with Crippen LogP contribution in [0, 0.1) is 0 Å². The van der Waals surface area contributed by atoms with Crippen molar-refractivity contribution in [3.63, 3.8) is 0 Å². The molecule has 1 unspecified atom stereocenters. The number of carbonyl (C=O) groups is 1. The lowest BCUT2D eigenvalue weighted by Gasteiger charge is -2.20. The summed E-state index contributed by atoms with van der Waals surface area (Å²) in [5, 5.41) is 2.68. The molecule has 4 nitrogen and oxygen atoms in total. The molecule has 0 aromatic heterocycles. The van der Waals surface area contributed by atoms with Crippen molar-refractivity contribution in [3.8, 4) is 0 Å². The monoisotopic (exact) mass is 188 g/mol. The quantitative estimate of drug-likeness (QED) is 0.700. The van der Waals surface area contributed by atoms with Gasteiger partial charge in [0.05, 0.1) is 0 Å². The molecule has 0 saturated carbocycles. The molecule has 0 spiro atoms. The average Bonchev–Trinajstić information content (AvgIpc) is 1.97. The average molecular weight is 188 g/mol. The third-order valence-electron chi connectivity index (χ3n) is 1.43. The van der Waals surface area contributed by atoms with Crippen LogP contribution in [0.1, 0.15) is 34.1 Å². The van der Waals surface area contributed by atoms with E-state index in [2.05, 4.69) is 5.32 Å². The highest BCUT2D eigenvalue weighted by atomic mass is 16.5. The maximum absolute atomic E-state index is 11.1. The third-order valence-corrected chi connectivity index (χ3v) is 1.43. The molecule has 0 rings (SSSR count). The minimum Gasteiger partial charge on any atom is -0.448 e. The molecule has 0 aliphatic carbocycles. The maximum atomic E-state index is 11.1. The van der Waals surface area contributed by atoms with Gasteiger partial charge in [-0.25, -0.2) is 4.79 Å². The van der Waals surface area contributed by atoms with Crippen LogP contribution < -0.4 is 11.1 Å². The van der Waals surface area contributed by atoms with E-state index in [4.69, 9.17) is 10.5 Å². The maximum Gasteiger partial charge on any atom is 0.407 e. The Morgan fingerprint density at radius 2 is 2.08 bits per heavy atom. The number of hydrogen-bond acceptors (Lipinski definition) is 3. The molecular weight excluding hydrogens is 168 g/mol. The first-order valence-corrected chi connectivity index (χ1v) is 4.55. The molecule has 0 saturated heterocycles. The predicted octanol–water partition coefficient (Wildman–Crippen LogP) is 1.25. The van der Waals surface area contributed by atoms with Gasteiger partial charge in [-0.05, 0) is 27.2 Å². The van der Waals surface area contributed by atoms with Crippen molar-refractivity contribution < 1.29 is 9.53 Å². The van der Waals surface area contributed by atoms with Crippen LogP contribution in [0.15, 0.2) is 0 Å². The van der Waals surface area contributed by atoms with Crippen molar-refractivity contribution in [1.82, 2.24) is 5.32 Å². The fourth-order valence-corrected chi connectivity index (χ4v) is 0.643. The van der Waals surface area contributed by atoms with E-state index in [1.807, 2.05) is 27.7 Å². The third kappa shape index (κ3) is 7.59. The van der Waals surface area contributed by atoms with Crippen molar-refractivity contribution in [1.29, 1.82) is 0 Å². The van der Waals surface area contributed by atoms with Crippen molar-refractivity contribution in [2.75, 3.05) is 6.61 Å². The fourth-order valence-electron chi connectivity index (χ4n) is 0.643. The normalized spacial score (nSPS) is 13.6. The van der Waals surface area contributed by atoms with E-state index in [-0.39, 0.29) is 18.2 Å². The van der Waals surface area contributed by atoms with Gasteiger partial charge in [-0.15, -0.1) is 0 Å². The lowest BCUT2D eigenvalue weighted by Crippen LogP contribution is -2.42. The Bertz CT molecular complexity index is 163. The van der Waals surface area contributed by atoms with Crippen LogP contribution in [0.2, 0.25) is 0 Å². The summed E-state index contributed by atoms with van der Waals surface area (Å²) in [6, 6.07) is -0.0641. The van der Waals surface area contributed by atoms with Gasteiger partial charge in [-0.1, -0.05) is 6.92 Å². The summed E-state index contributed by atoms with van der Waals surface area (Å²) in [4.78, 5) is 11.1. The molecular formula is C9H20N2O2. The molecule has 0 aromatic carbocycles. The highest BCUT2D eigenvalue weighted by Crippen LogP contribution is 1.99. The van der Waals surface area contributed by atoms with Crippen LogP contribution in [0.25, 0.3) is 0 Å². The van der Waals surface area contributed by atoms with Gasteiger partial charge in [0.1, 0.15) is 6.61 Å². The molecule has 0 aliphatic heterocycles. The van der Waals surface area contributed by atoms with E-state index in [0.717, 1.165) is 6.42 Å². The minimum atomic E-state index is -0.406. The molecule has 0 aliphatic rings. The fraction of sp³-hybridized carbons (Fsp3) is 0.889. The van der Waals surface area contributed by atoms with E-state index in [9.17, 15) is 4.79 Å². The smallest absolute Gasteiger partial charge is 0.407 e. The van der Waals surface area contributed by atoms with Crippen molar-refractivity contribution in [3.05, 3.63) is 0 Å². The Balaban J connectivity index is 3.64. The zero-order chi connectivity index (χ0) is 10.5. The summed E-state index contributed by atoms with van der Waals surface area (Å²) >= 11 is 0. The number of nitrogens with two attached hydrogens (primary N) is 1. The zero-order valence-electron chi connectivity index (χ0n) is 8.89. The summed E-state index contributed by atoms with van der Waals surface area (Å²) in [6.07, 6.45) is 0.402. The molecule has 13 heavy (non-hydrogen) atoms. The Hall–Kier alpha value is -0.770. The molecule has 0 heterocycles. The second-order valence-electron chi connectivity index (χ2n) is 4.14. The van der Waals surface area contributed by atoms with Gasteiger partial charge in [-0.2, -0.15) is 0 Å². The Morgan fingerprint density at radius 1 is 1.54 bits per heavy atom. The van der Waals surface area contributed by atoms with Crippen LogP contribution >= 0.6 is 0 Å².